The molecule has 2 amide bonds. The quantitative estimate of drug-likeness (QED) is 0.508. The molecular formula is C24H19NO5S. The van der Waals surface area contributed by atoms with E-state index in [1.54, 1.807) is 30.3 Å². The van der Waals surface area contributed by atoms with Crippen LogP contribution in [0.2, 0.25) is 0 Å². The second kappa shape index (κ2) is 9.06. The van der Waals surface area contributed by atoms with Gasteiger partial charge in [-0.3, -0.25) is 14.5 Å². The van der Waals surface area contributed by atoms with E-state index in [-0.39, 0.29) is 16.7 Å². The molecule has 6 nitrogen and oxygen atoms in total. The van der Waals surface area contributed by atoms with Crippen molar-refractivity contribution in [2.45, 2.75) is 12.8 Å². The van der Waals surface area contributed by atoms with E-state index in [1.807, 2.05) is 30.3 Å². The molecule has 0 saturated carbocycles. The van der Waals surface area contributed by atoms with Crippen molar-refractivity contribution < 1.29 is 23.9 Å². The summed E-state index contributed by atoms with van der Waals surface area (Å²) < 4.78 is 5.76. The van der Waals surface area contributed by atoms with Crippen LogP contribution < -0.4 is 0 Å². The molecule has 0 bridgehead atoms. The van der Waals surface area contributed by atoms with Crippen molar-refractivity contribution in [2.75, 3.05) is 6.54 Å². The Morgan fingerprint density at radius 1 is 1.03 bits per heavy atom. The first-order valence-electron chi connectivity index (χ1n) is 9.74. The molecule has 4 rings (SSSR count). The molecule has 1 fully saturated rings. The van der Waals surface area contributed by atoms with Crippen molar-refractivity contribution in [3.05, 3.63) is 88.5 Å². The maximum Gasteiger partial charge on any atom is 0.335 e. The molecule has 7 heteroatoms. The first kappa shape index (κ1) is 20.7. The second-order valence-corrected chi connectivity index (χ2v) is 8.00. The largest absolute Gasteiger partial charge is 0.478 e. The number of carbonyl (C=O) groups excluding carboxylic acids is 2. The highest BCUT2D eigenvalue weighted by atomic mass is 32.2. The van der Waals surface area contributed by atoms with Gasteiger partial charge in [-0.25, -0.2) is 4.79 Å². The van der Waals surface area contributed by atoms with Gasteiger partial charge in [0.2, 0.25) is 0 Å². The van der Waals surface area contributed by atoms with E-state index in [9.17, 15) is 14.4 Å². The number of carboxylic acid groups (broad SMARTS) is 1. The molecule has 0 atom stereocenters. The number of furan rings is 1. The van der Waals surface area contributed by atoms with E-state index in [2.05, 4.69) is 0 Å². The first-order chi connectivity index (χ1) is 15.0. The fourth-order valence-corrected chi connectivity index (χ4v) is 4.14. The van der Waals surface area contributed by atoms with Crippen LogP contribution in [0.15, 0.2) is 76.1 Å². The summed E-state index contributed by atoms with van der Waals surface area (Å²) in [6.45, 7) is 0.363. The zero-order chi connectivity index (χ0) is 21.8. The van der Waals surface area contributed by atoms with Gasteiger partial charge in [-0.2, -0.15) is 0 Å². The van der Waals surface area contributed by atoms with Crippen molar-refractivity contribution in [3.8, 4) is 11.3 Å². The topological polar surface area (TPSA) is 87.8 Å². The minimum atomic E-state index is -1.02. The average molecular weight is 433 g/mol. The highest BCUT2D eigenvalue weighted by molar-refractivity contribution is 8.18. The van der Waals surface area contributed by atoms with Gasteiger partial charge in [-0.05, 0) is 54.4 Å². The molecule has 31 heavy (non-hydrogen) atoms. The lowest BCUT2D eigenvalue weighted by atomic mass is 10.1. The van der Waals surface area contributed by atoms with Gasteiger partial charge in [-0.1, -0.05) is 42.5 Å². The molecule has 156 valence electrons. The predicted molar refractivity (Wildman–Crippen MR) is 119 cm³/mol. The van der Waals surface area contributed by atoms with E-state index in [4.69, 9.17) is 9.52 Å². The Kier molecular flexibility index (Phi) is 6.04. The third-order valence-corrected chi connectivity index (χ3v) is 5.77. The van der Waals surface area contributed by atoms with Gasteiger partial charge in [0.15, 0.2) is 0 Å². The number of aryl methyl sites for hydroxylation is 1. The van der Waals surface area contributed by atoms with Crippen LogP contribution in [-0.4, -0.2) is 33.7 Å². The standard InChI is InChI=1S/C24H19NO5S/c26-22-21(31-24(29)25(22)13-5-8-16-6-2-1-3-7-16)15-19-11-12-20(30-19)17-9-4-10-18(14-17)23(27)28/h1-4,6-7,9-12,14-15H,5,8,13H2,(H,27,28)/b21-15-. The van der Waals surface area contributed by atoms with Gasteiger partial charge in [0, 0.05) is 18.2 Å². The summed E-state index contributed by atoms with van der Waals surface area (Å²) in [5, 5.41) is 8.85. The second-order valence-electron chi connectivity index (χ2n) is 7.01. The molecular weight excluding hydrogens is 414 g/mol. The normalized spacial score (nSPS) is 15.1. The van der Waals surface area contributed by atoms with Crippen LogP contribution in [0, 0.1) is 0 Å². The summed E-state index contributed by atoms with van der Waals surface area (Å²) in [7, 11) is 0. The number of aromatic carboxylic acids is 1. The summed E-state index contributed by atoms with van der Waals surface area (Å²) in [4.78, 5) is 37.7. The van der Waals surface area contributed by atoms with Crippen molar-refractivity contribution in [1.82, 2.24) is 4.90 Å². The summed E-state index contributed by atoms with van der Waals surface area (Å²) >= 11 is 0.895. The number of hydrogen-bond acceptors (Lipinski definition) is 5. The Labute approximate surface area is 183 Å². The molecule has 0 spiro atoms. The third-order valence-electron chi connectivity index (χ3n) is 4.86. The zero-order valence-corrected chi connectivity index (χ0v) is 17.3. The number of rotatable bonds is 7. The van der Waals surface area contributed by atoms with E-state index in [0.717, 1.165) is 18.2 Å². The van der Waals surface area contributed by atoms with Crippen LogP contribution in [0.5, 0.6) is 0 Å². The highest BCUT2D eigenvalue weighted by Crippen LogP contribution is 2.33. The number of imide groups is 1. The van der Waals surface area contributed by atoms with Gasteiger partial charge in [-0.15, -0.1) is 0 Å². The van der Waals surface area contributed by atoms with Crippen molar-refractivity contribution in [2.24, 2.45) is 0 Å². The summed E-state index contributed by atoms with van der Waals surface area (Å²) in [6.07, 6.45) is 3.03. The lowest BCUT2D eigenvalue weighted by molar-refractivity contribution is -0.122. The summed E-state index contributed by atoms with van der Waals surface area (Å²) in [5.41, 5.74) is 1.95. The fourth-order valence-electron chi connectivity index (χ4n) is 3.30. The minimum Gasteiger partial charge on any atom is -0.478 e. The minimum absolute atomic E-state index is 0.159. The summed E-state index contributed by atoms with van der Waals surface area (Å²) in [6, 6.07) is 19.7. The number of carboxylic acids is 1. The molecule has 1 aromatic heterocycles. The first-order valence-corrected chi connectivity index (χ1v) is 10.6. The highest BCUT2D eigenvalue weighted by Gasteiger charge is 2.34. The van der Waals surface area contributed by atoms with Crippen molar-refractivity contribution >= 4 is 35.0 Å². The molecule has 1 aliphatic rings. The average Bonchev–Trinajstić information content (AvgIpc) is 3.35. The maximum absolute atomic E-state index is 12.7. The fraction of sp³-hybridized carbons (Fsp3) is 0.125. The molecule has 2 aromatic carbocycles. The number of carbonyl (C=O) groups is 3. The molecule has 1 N–H and O–H groups in total. The monoisotopic (exact) mass is 433 g/mol. The third kappa shape index (κ3) is 4.78. The van der Waals surface area contributed by atoms with E-state index >= 15 is 0 Å². The molecule has 0 unspecified atom stereocenters. The van der Waals surface area contributed by atoms with Crippen LogP contribution in [0.4, 0.5) is 4.79 Å². The van der Waals surface area contributed by atoms with E-state index in [0.29, 0.717) is 35.0 Å². The van der Waals surface area contributed by atoms with Gasteiger partial charge in [0.1, 0.15) is 11.5 Å². The number of hydrogen-bond donors (Lipinski definition) is 1. The molecule has 0 aliphatic carbocycles. The number of nitrogens with zero attached hydrogens (tertiary/aromatic N) is 1. The van der Waals surface area contributed by atoms with Crippen LogP contribution in [0.25, 0.3) is 17.4 Å². The van der Waals surface area contributed by atoms with Crippen LogP contribution in [0.3, 0.4) is 0 Å². The van der Waals surface area contributed by atoms with Crippen molar-refractivity contribution in [1.29, 1.82) is 0 Å². The smallest absolute Gasteiger partial charge is 0.335 e. The molecule has 1 aliphatic heterocycles. The van der Waals surface area contributed by atoms with Crippen LogP contribution in [0.1, 0.15) is 28.1 Å². The Bertz CT molecular complexity index is 1170. The molecule has 1 saturated heterocycles. The lowest BCUT2D eigenvalue weighted by Gasteiger charge is -2.11. The zero-order valence-electron chi connectivity index (χ0n) is 16.5. The van der Waals surface area contributed by atoms with Crippen LogP contribution in [-0.2, 0) is 11.2 Å². The van der Waals surface area contributed by atoms with Gasteiger partial charge < -0.3 is 9.52 Å². The predicted octanol–water partition coefficient (Wildman–Crippen LogP) is 5.31. The van der Waals surface area contributed by atoms with Gasteiger partial charge >= 0.3 is 5.97 Å². The Hall–Kier alpha value is -3.58. The number of amides is 2. The SMILES string of the molecule is O=C(O)c1cccc(-c2ccc(/C=C3\SC(=O)N(CCCc4ccccc4)C3=O)o2)c1. The molecule has 0 radical (unpaired) electrons. The lowest BCUT2D eigenvalue weighted by Crippen LogP contribution is -2.29. The Morgan fingerprint density at radius 3 is 2.61 bits per heavy atom. The Morgan fingerprint density at radius 2 is 1.84 bits per heavy atom. The molecule has 2 heterocycles. The number of thioether (sulfide) groups is 1. The Balaban J connectivity index is 1.43. The van der Waals surface area contributed by atoms with E-state index < -0.39 is 5.97 Å². The molecule has 3 aromatic rings. The van der Waals surface area contributed by atoms with Gasteiger partial charge in [0.05, 0.1) is 10.5 Å². The van der Waals surface area contributed by atoms with Gasteiger partial charge in [0.25, 0.3) is 11.1 Å². The summed E-state index contributed by atoms with van der Waals surface area (Å²) in [5.74, 6) is -0.439. The van der Waals surface area contributed by atoms with E-state index in [1.165, 1.54) is 22.6 Å². The number of benzene rings is 2. The van der Waals surface area contributed by atoms with Crippen molar-refractivity contribution in [3.63, 3.8) is 0 Å². The maximum atomic E-state index is 12.7. The van der Waals surface area contributed by atoms with Crippen LogP contribution >= 0.6 is 11.8 Å².